The molecule has 3 amide bonds. The zero-order valence-corrected chi connectivity index (χ0v) is 15.6. The fourth-order valence-electron chi connectivity index (χ4n) is 2.98. The molecule has 0 aliphatic carbocycles. The van der Waals surface area contributed by atoms with Crippen molar-refractivity contribution in [1.29, 1.82) is 0 Å². The van der Waals surface area contributed by atoms with E-state index in [4.69, 9.17) is 4.74 Å². The van der Waals surface area contributed by atoms with Gasteiger partial charge in [0.25, 0.3) is 5.91 Å². The summed E-state index contributed by atoms with van der Waals surface area (Å²) in [6.45, 7) is 1.55. The van der Waals surface area contributed by atoms with Gasteiger partial charge in [-0.2, -0.15) is 13.2 Å². The van der Waals surface area contributed by atoms with Crippen molar-refractivity contribution < 1.29 is 27.5 Å². The van der Waals surface area contributed by atoms with Crippen molar-refractivity contribution in [2.24, 2.45) is 0 Å². The highest BCUT2D eigenvalue weighted by Crippen LogP contribution is 2.32. The molecule has 1 atom stereocenters. The molecule has 0 fully saturated rings. The predicted octanol–water partition coefficient (Wildman–Crippen LogP) is 3.98. The van der Waals surface area contributed by atoms with Crippen molar-refractivity contribution in [2.45, 2.75) is 19.1 Å². The van der Waals surface area contributed by atoms with Gasteiger partial charge in [0, 0.05) is 11.4 Å². The molecule has 29 heavy (non-hydrogen) atoms. The number of halogens is 3. The van der Waals surface area contributed by atoms with E-state index in [1.54, 1.807) is 31.2 Å². The summed E-state index contributed by atoms with van der Waals surface area (Å²) >= 11 is 0. The lowest BCUT2D eigenvalue weighted by atomic mass is 9.94. The van der Waals surface area contributed by atoms with Gasteiger partial charge < -0.3 is 20.7 Å². The Kier molecular flexibility index (Phi) is 5.49. The standard InChI is InChI=1S/C20H18F3N3O3/c1-11-16(18(27)25-14-7-9-15(29-2)10-8-14)17(26-19(28)24-11)12-3-5-13(6-4-12)20(21,22)23/h3-10,17H,1-2H3,(H,25,27)(H2,24,26,28)/t17-/m0/s1. The SMILES string of the molecule is COc1ccc(NC(=O)C2=C(C)NC(=O)N[C@H]2c2ccc(C(F)(F)F)cc2)cc1. The van der Waals surface area contributed by atoms with E-state index in [1.165, 1.54) is 19.2 Å². The van der Waals surface area contributed by atoms with E-state index in [-0.39, 0.29) is 5.57 Å². The quantitative estimate of drug-likeness (QED) is 0.720. The van der Waals surface area contributed by atoms with Crippen LogP contribution in [0.5, 0.6) is 5.75 Å². The summed E-state index contributed by atoms with van der Waals surface area (Å²) in [6, 6.07) is 9.51. The maximum atomic E-state index is 12.9. The van der Waals surface area contributed by atoms with Crippen LogP contribution in [0.25, 0.3) is 0 Å². The Hall–Kier alpha value is -3.49. The molecule has 0 aromatic heterocycles. The number of carbonyl (C=O) groups excluding carboxylic acids is 2. The summed E-state index contributed by atoms with van der Waals surface area (Å²) in [7, 11) is 1.52. The van der Waals surface area contributed by atoms with Gasteiger partial charge in [-0.05, 0) is 48.9 Å². The highest BCUT2D eigenvalue weighted by Gasteiger charge is 2.33. The Balaban J connectivity index is 1.89. The van der Waals surface area contributed by atoms with E-state index in [9.17, 15) is 22.8 Å². The number of ether oxygens (including phenoxy) is 1. The third-order valence-corrected chi connectivity index (χ3v) is 4.43. The number of rotatable bonds is 4. The average Bonchev–Trinajstić information content (AvgIpc) is 2.67. The van der Waals surface area contributed by atoms with E-state index in [0.29, 0.717) is 22.7 Å². The minimum atomic E-state index is -4.48. The number of urea groups is 1. The number of hydrogen-bond donors (Lipinski definition) is 3. The monoisotopic (exact) mass is 405 g/mol. The summed E-state index contributed by atoms with van der Waals surface area (Å²) < 4.78 is 43.5. The lowest BCUT2D eigenvalue weighted by Crippen LogP contribution is -2.46. The number of alkyl halides is 3. The highest BCUT2D eigenvalue weighted by atomic mass is 19.4. The first-order chi connectivity index (χ1) is 13.7. The van der Waals surface area contributed by atoms with Crippen molar-refractivity contribution in [2.75, 3.05) is 12.4 Å². The molecular weight excluding hydrogens is 387 g/mol. The second-order valence-corrected chi connectivity index (χ2v) is 6.37. The summed E-state index contributed by atoms with van der Waals surface area (Å²) in [5.41, 5.74) is 0.544. The molecule has 0 spiro atoms. The van der Waals surface area contributed by atoms with Crippen molar-refractivity contribution in [3.63, 3.8) is 0 Å². The van der Waals surface area contributed by atoms with Crippen molar-refractivity contribution in [3.8, 4) is 5.75 Å². The van der Waals surface area contributed by atoms with Gasteiger partial charge in [0.2, 0.25) is 0 Å². The third kappa shape index (κ3) is 4.50. The average molecular weight is 405 g/mol. The smallest absolute Gasteiger partial charge is 0.416 e. The molecular formula is C20H18F3N3O3. The molecule has 0 unspecified atom stereocenters. The number of allylic oxidation sites excluding steroid dienone is 1. The molecule has 0 bridgehead atoms. The van der Waals surface area contributed by atoms with Crippen LogP contribution in [-0.2, 0) is 11.0 Å². The van der Waals surface area contributed by atoms with Gasteiger partial charge in [0.1, 0.15) is 5.75 Å². The number of amides is 3. The topological polar surface area (TPSA) is 79.5 Å². The van der Waals surface area contributed by atoms with Crippen molar-refractivity contribution in [3.05, 3.63) is 70.9 Å². The Morgan fingerprint density at radius 1 is 1.07 bits per heavy atom. The minimum absolute atomic E-state index is 0.195. The number of nitrogens with one attached hydrogen (secondary N) is 3. The largest absolute Gasteiger partial charge is 0.497 e. The molecule has 6 nitrogen and oxygen atoms in total. The molecule has 1 aliphatic heterocycles. The molecule has 2 aromatic rings. The molecule has 1 heterocycles. The van der Waals surface area contributed by atoms with Gasteiger partial charge in [0.05, 0.1) is 24.3 Å². The Morgan fingerprint density at radius 3 is 2.24 bits per heavy atom. The molecule has 3 rings (SSSR count). The van der Waals surface area contributed by atoms with Gasteiger partial charge in [0.15, 0.2) is 0 Å². The minimum Gasteiger partial charge on any atom is -0.497 e. The maximum Gasteiger partial charge on any atom is 0.416 e. The van der Waals surface area contributed by atoms with Crippen LogP contribution in [0.2, 0.25) is 0 Å². The van der Waals surface area contributed by atoms with Crippen LogP contribution in [0, 0.1) is 0 Å². The molecule has 9 heteroatoms. The molecule has 1 aliphatic rings. The summed E-state index contributed by atoms with van der Waals surface area (Å²) in [5.74, 6) is 0.123. The van der Waals surface area contributed by atoms with E-state index in [1.807, 2.05) is 0 Å². The van der Waals surface area contributed by atoms with Crippen LogP contribution in [0.3, 0.4) is 0 Å². The van der Waals surface area contributed by atoms with Crippen LogP contribution >= 0.6 is 0 Å². The third-order valence-electron chi connectivity index (χ3n) is 4.43. The van der Waals surface area contributed by atoms with Crippen LogP contribution in [-0.4, -0.2) is 19.0 Å². The summed E-state index contributed by atoms with van der Waals surface area (Å²) in [5, 5.41) is 7.82. The molecule has 3 N–H and O–H groups in total. The fraction of sp³-hybridized carbons (Fsp3) is 0.200. The first-order valence-corrected chi connectivity index (χ1v) is 8.60. The summed E-state index contributed by atoms with van der Waals surface area (Å²) in [6.07, 6.45) is -4.48. The molecule has 0 saturated heterocycles. The van der Waals surface area contributed by atoms with E-state index < -0.39 is 29.7 Å². The molecule has 0 radical (unpaired) electrons. The van der Waals surface area contributed by atoms with Gasteiger partial charge >= 0.3 is 12.2 Å². The van der Waals surface area contributed by atoms with Crippen LogP contribution in [0.1, 0.15) is 24.1 Å². The van der Waals surface area contributed by atoms with Gasteiger partial charge in [-0.15, -0.1) is 0 Å². The fourth-order valence-corrected chi connectivity index (χ4v) is 2.98. The van der Waals surface area contributed by atoms with Gasteiger partial charge in [-0.1, -0.05) is 12.1 Å². The van der Waals surface area contributed by atoms with E-state index in [2.05, 4.69) is 16.0 Å². The number of methoxy groups -OCH3 is 1. The second-order valence-electron chi connectivity index (χ2n) is 6.37. The van der Waals surface area contributed by atoms with Crippen LogP contribution in [0.15, 0.2) is 59.8 Å². The number of anilines is 1. The Morgan fingerprint density at radius 2 is 1.69 bits per heavy atom. The first kappa shape index (κ1) is 20.2. The lowest BCUT2D eigenvalue weighted by Gasteiger charge is -2.29. The predicted molar refractivity (Wildman–Crippen MR) is 100 cm³/mol. The number of benzene rings is 2. The van der Waals surface area contributed by atoms with Gasteiger partial charge in [-0.3, -0.25) is 4.79 Å². The van der Waals surface area contributed by atoms with Crippen LogP contribution in [0.4, 0.5) is 23.7 Å². The van der Waals surface area contributed by atoms with E-state index >= 15 is 0 Å². The zero-order valence-electron chi connectivity index (χ0n) is 15.6. The second kappa shape index (κ2) is 7.86. The zero-order chi connectivity index (χ0) is 21.2. The Labute approximate surface area is 164 Å². The Bertz CT molecular complexity index is 952. The van der Waals surface area contributed by atoms with E-state index in [0.717, 1.165) is 12.1 Å². The number of carbonyl (C=O) groups is 2. The normalized spacial score (nSPS) is 16.7. The maximum absolute atomic E-state index is 12.9. The van der Waals surface area contributed by atoms with Crippen molar-refractivity contribution >= 4 is 17.6 Å². The van der Waals surface area contributed by atoms with Crippen LogP contribution < -0.4 is 20.7 Å². The number of hydrogen-bond acceptors (Lipinski definition) is 3. The highest BCUT2D eigenvalue weighted by molar-refractivity contribution is 6.06. The first-order valence-electron chi connectivity index (χ1n) is 8.60. The molecule has 0 saturated carbocycles. The molecule has 152 valence electrons. The summed E-state index contributed by atoms with van der Waals surface area (Å²) in [4.78, 5) is 24.8. The molecule has 2 aromatic carbocycles. The lowest BCUT2D eigenvalue weighted by molar-refractivity contribution is -0.137. The van der Waals surface area contributed by atoms with Crippen molar-refractivity contribution in [1.82, 2.24) is 10.6 Å². The van der Waals surface area contributed by atoms with Gasteiger partial charge in [-0.25, -0.2) is 4.79 Å².